The van der Waals surface area contributed by atoms with E-state index in [0.717, 1.165) is 0 Å². The first-order chi connectivity index (χ1) is 21.7. The van der Waals surface area contributed by atoms with Crippen molar-refractivity contribution in [2.45, 2.75) is 62.1 Å². The molecule has 0 aromatic carbocycles. The lowest BCUT2D eigenvalue weighted by Crippen LogP contribution is -2.46. The van der Waals surface area contributed by atoms with Crippen molar-refractivity contribution >= 4 is 41.3 Å². The van der Waals surface area contributed by atoms with E-state index in [4.69, 9.17) is 44.9 Å². The third kappa shape index (κ3) is 5.84. The molecule has 0 saturated carbocycles. The summed E-state index contributed by atoms with van der Waals surface area (Å²) >= 11 is 0. The van der Waals surface area contributed by atoms with Gasteiger partial charge in [0, 0.05) is 26.6 Å². The third-order valence-electron chi connectivity index (χ3n) is 8.38. The second kappa shape index (κ2) is 12.7. The van der Waals surface area contributed by atoms with Gasteiger partial charge in [0.15, 0.2) is 25.1 Å². The Morgan fingerprint density at radius 3 is 1.80 bits per heavy atom. The van der Waals surface area contributed by atoms with Gasteiger partial charge in [0.2, 0.25) is 0 Å². The Morgan fingerprint density at radius 1 is 0.870 bits per heavy atom. The highest BCUT2D eigenvalue weighted by Gasteiger charge is 2.56. The van der Waals surface area contributed by atoms with Crippen molar-refractivity contribution in [3.63, 3.8) is 0 Å². The molecule has 4 aromatic rings. The van der Waals surface area contributed by atoms with Gasteiger partial charge in [-0.15, -0.1) is 0 Å². The average Bonchev–Trinajstić information content (AvgIpc) is 3.77. The maximum absolute atomic E-state index is 11.0. The van der Waals surface area contributed by atoms with Gasteiger partial charge in [-0.05, 0) is 26.0 Å². The Morgan fingerprint density at radius 2 is 1.35 bits per heavy atom. The normalized spacial score (nSPS) is 31.4. The highest BCUT2D eigenvalue weighted by molar-refractivity contribution is 7.51. The Bertz CT molecular complexity index is 1730. The second-order valence-corrected chi connectivity index (χ2v) is 12.7. The minimum atomic E-state index is -4.42. The molecular weight excluding hydrogens is 631 g/mol. The first-order valence-corrected chi connectivity index (χ1v) is 15.7. The van der Waals surface area contributed by atoms with Crippen LogP contribution in [0.3, 0.4) is 0 Å². The van der Waals surface area contributed by atoms with E-state index in [2.05, 4.69) is 19.9 Å². The van der Waals surface area contributed by atoms with Crippen LogP contribution in [0.25, 0.3) is 22.1 Å². The summed E-state index contributed by atoms with van der Waals surface area (Å²) < 4.78 is 41.8. The number of ether oxygens (including phenoxy) is 5. The lowest BCUT2D eigenvalue weighted by molar-refractivity contribution is -0.167. The van der Waals surface area contributed by atoms with Crippen LogP contribution in [-0.2, 0) is 28.2 Å². The van der Waals surface area contributed by atoms with E-state index in [1.54, 1.807) is 47.5 Å². The Labute approximate surface area is 261 Å². The minimum absolute atomic E-state index is 0.288. The average molecular weight is 669 g/mol. The molecule has 0 aliphatic carbocycles. The fourth-order valence-corrected chi connectivity index (χ4v) is 5.91. The molecule has 20 heteroatoms. The monoisotopic (exact) mass is 668 g/mol. The maximum atomic E-state index is 11.0. The van der Waals surface area contributed by atoms with Gasteiger partial charge in [0.1, 0.15) is 65.1 Å². The van der Waals surface area contributed by atoms with E-state index < -0.39 is 62.2 Å². The smallest absolute Gasteiger partial charge is 0.351 e. The van der Waals surface area contributed by atoms with Crippen molar-refractivity contribution in [1.29, 1.82) is 0 Å². The summed E-state index contributed by atoms with van der Waals surface area (Å²) in [6.07, 6.45) is -0.612. The van der Waals surface area contributed by atoms with E-state index in [9.17, 15) is 19.9 Å². The van der Waals surface area contributed by atoms with Gasteiger partial charge in [-0.25, -0.2) is 19.9 Å². The summed E-state index contributed by atoms with van der Waals surface area (Å²) in [6.45, 7) is 3.03. The number of methoxy groups -OCH3 is 2. The number of nitrogens with two attached hydrogens (primary N) is 2. The summed E-state index contributed by atoms with van der Waals surface area (Å²) in [4.78, 5) is 34.1. The van der Waals surface area contributed by atoms with Crippen LogP contribution in [-0.4, -0.2) is 117 Å². The van der Waals surface area contributed by atoms with Crippen LogP contribution in [0, 0.1) is 0 Å². The van der Waals surface area contributed by atoms with Crippen molar-refractivity contribution in [2.75, 3.05) is 38.6 Å². The van der Waals surface area contributed by atoms with Gasteiger partial charge in [-0.2, -0.15) is 0 Å². The molecule has 9 N–H and O–H groups in total. The van der Waals surface area contributed by atoms with Crippen molar-refractivity contribution < 1.29 is 53.4 Å². The molecule has 252 valence electrons. The molecule has 2 saturated heterocycles. The number of aliphatic hydroxyl groups excluding tert-OH is 3. The Kier molecular flexibility index (Phi) is 9.39. The molecule has 2 aliphatic heterocycles. The Hall–Kier alpha value is -3.33. The zero-order chi connectivity index (χ0) is 33.6. The van der Waals surface area contributed by atoms with Crippen LogP contribution in [0.5, 0.6) is 0 Å². The van der Waals surface area contributed by atoms with E-state index in [0.29, 0.717) is 27.9 Å². The van der Waals surface area contributed by atoms with Crippen LogP contribution in [0.15, 0.2) is 37.2 Å². The van der Waals surface area contributed by atoms with Crippen LogP contribution in [0.1, 0.15) is 26.3 Å². The second-order valence-electron chi connectivity index (χ2n) is 11.1. The molecule has 19 nitrogen and oxygen atoms in total. The SMILES string of the molecule is CO[C@]1(C)C(O)[C@@H](CO)O[C@H]1n1ccc2c(N)ncnc21.CO[C@]1(C)C(O)[C@@H](OCP(=O)(O)O)O[C@H]1n1ccc2c(N)ncnc21. The number of fused-ring (bicyclic) bond motifs is 2. The number of nitrogens with zero attached hydrogens (tertiary/aromatic N) is 6. The molecule has 2 aliphatic rings. The molecular formula is C26H37N8O11P. The standard InChI is InChI=1S/C13H19N4O7P.C13H18N4O4/c1-13(22-2)8(18)11(23-6-25(19,20)21)24-12(13)17-4-3-7-9(14)15-5-16-10(7)17;1-13(20-2)9(19)8(5-18)21-12(13)17-4-3-7-10(14)15-6-16-11(7)17/h3-5,8,11-12,18H,6H2,1-2H3,(H2,14,15,16)(H2,19,20,21);3-4,6,8-9,12,18-19H,5H2,1-2H3,(H2,14,15,16)/t8?,11-,12+,13+;8-,9?,12-,13-/m01/s1. The molecule has 6 heterocycles. The van der Waals surface area contributed by atoms with E-state index in [1.165, 1.54) is 26.9 Å². The zero-order valence-corrected chi connectivity index (χ0v) is 26.2. The lowest BCUT2D eigenvalue weighted by Gasteiger charge is -2.31. The summed E-state index contributed by atoms with van der Waals surface area (Å²) in [5.74, 6) is 0.658. The molecule has 2 fully saturated rings. The van der Waals surface area contributed by atoms with Gasteiger partial charge >= 0.3 is 7.60 Å². The number of hydrogen-bond donors (Lipinski definition) is 7. The first kappa shape index (κ1) is 34.0. The van der Waals surface area contributed by atoms with Gasteiger partial charge in [0.25, 0.3) is 0 Å². The molecule has 0 bridgehead atoms. The van der Waals surface area contributed by atoms with Crippen LogP contribution < -0.4 is 11.5 Å². The quantitative estimate of drug-likeness (QED) is 0.116. The molecule has 8 atom stereocenters. The third-order valence-corrected chi connectivity index (χ3v) is 8.87. The fourth-order valence-electron chi connectivity index (χ4n) is 5.57. The molecule has 0 radical (unpaired) electrons. The van der Waals surface area contributed by atoms with Crippen LogP contribution in [0.4, 0.5) is 11.6 Å². The number of anilines is 2. The van der Waals surface area contributed by atoms with Crippen LogP contribution in [0.2, 0.25) is 0 Å². The van der Waals surface area contributed by atoms with Crippen molar-refractivity contribution in [3.05, 3.63) is 37.2 Å². The largest absolute Gasteiger partial charge is 0.394 e. The molecule has 0 spiro atoms. The maximum Gasteiger partial charge on any atom is 0.351 e. The van der Waals surface area contributed by atoms with Crippen molar-refractivity contribution in [2.24, 2.45) is 0 Å². The molecule has 0 amide bonds. The van der Waals surface area contributed by atoms with Crippen molar-refractivity contribution in [1.82, 2.24) is 29.1 Å². The predicted molar refractivity (Wildman–Crippen MR) is 160 cm³/mol. The minimum Gasteiger partial charge on any atom is -0.394 e. The topological polar surface area (TPSA) is 278 Å². The van der Waals surface area contributed by atoms with Gasteiger partial charge in [-0.1, -0.05) is 0 Å². The first-order valence-electron chi connectivity index (χ1n) is 13.9. The van der Waals surface area contributed by atoms with Crippen molar-refractivity contribution in [3.8, 4) is 0 Å². The predicted octanol–water partition coefficient (Wildman–Crippen LogP) is -0.545. The number of nitrogen functional groups attached to an aromatic ring is 2. The number of aliphatic hydroxyl groups is 3. The lowest BCUT2D eigenvalue weighted by atomic mass is 9.96. The summed E-state index contributed by atoms with van der Waals surface area (Å²) in [7, 11) is -1.54. The number of aromatic nitrogens is 6. The number of rotatable bonds is 8. The number of hydrogen-bond acceptors (Lipinski definition) is 15. The van der Waals surface area contributed by atoms with Crippen LogP contribution >= 0.6 is 7.60 Å². The molecule has 4 aromatic heterocycles. The fraction of sp³-hybridized carbons (Fsp3) is 0.538. The highest BCUT2D eigenvalue weighted by Crippen LogP contribution is 2.45. The van der Waals surface area contributed by atoms with E-state index in [-0.39, 0.29) is 12.4 Å². The van der Waals surface area contributed by atoms with E-state index >= 15 is 0 Å². The van der Waals surface area contributed by atoms with Gasteiger partial charge < -0.3 is 69.4 Å². The Balaban J connectivity index is 0.000000184. The highest BCUT2D eigenvalue weighted by atomic mass is 31.2. The summed E-state index contributed by atoms with van der Waals surface area (Å²) in [5.41, 5.74) is 10.4. The van der Waals surface area contributed by atoms with E-state index in [1.807, 2.05) is 0 Å². The molecule has 2 unspecified atom stereocenters. The molecule has 46 heavy (non-hydrogen) atoms. The summed E-state index contributed by atoms with van der Waals surface area (Å²) in [5, 5.41) is 31.5. The summed E-state index contributed by atoms with van der Waals surface area (Å²) in [6, 6.07) is 3.48. The van der Waals surface area contributed by atoms with Gasteiger partial charge in [-0.3, -0.25) is 4.57 Å². The molecule has 6 rings (SSSR count). The van der Waals surface area contributed by atoms with Gasteiger partial charge in [0.05, 0.1) is 17.4 Å². The zero-order valence-electron chi connectivity index (χ0n) is 25.3.